The zero-order chi connectivity index (χ0) is 14.9. The molecule has 4 rings (SSSR count). The fourth-order valence-electron chi connectivity index (χ4n) is 3.06. The molecule has 3 heteroatoms. The van der Waals surface area contributed by atoms with E-state index in [1.807, 2.05) is 18.2 Å². The largest absolute Gasteiger partial charge is 0.324 e. The minimum Gasteiger partial charge on any atom is -0.324 e. The number of benzene rings is 3. The van der Waals surface area contributed by atoms with Crippen molar-refractivity contribution in [3.63, 3.8) is 0 Å². The zero-order valence-corrected chi connectivity index (χ0v) is 12.2. The van der Waals surface area contributed by atoms with Crippen LogP contribution in [0.15, 0.2) is 66.7 Å². The van der Waals surface area contributed by atoms with Crippen LogP contribution in [-0.4, -0.2) is 9.55 Å². The Morgan fingerprint density at radius 2 is 1.64 bits per heavy atom. The molecule has 3 nitrogen and oxygen atoms in total. The van der Waals surface area contributed by atoms with E-state index in [1.165, 1.54) is 16.3 Å². The summed E-state index contributed by atoms with van der Waals surface area (Å²) >= 11 is 0. The van der Waals surface area contributed by atoms with Gasteiger partial charge >= 0.3 is 0 Å². The predicted molar refractivity (Wildman–Crippen MR) is 90.7 cm³/mol. The molecule has 0 aliphatic rings. The van der Waals surface area contributed by atoms with E-state index in [0.29, 0.717) is 6.54 Å². The highest BCUT2D eigenvalue weighted by Gasteiger charge is 2.10. The average Bonchev–Trinajstić information content (AvgIpc) is 2.93. The molecule has 0 atom stereocenters. The summed E-state index contributed by atoms with van der Waals surface area (Å²) in [5.74, 6) is 0.925. The molecular weight excluding hydrogens is 270 g/mol. The van der Waals surface area contributed by atoms with Crippen molar-refractivity contribution in [1.82, 2.24) is 9.55 Å². The van der Waals surface area contributed by atoms with Gasteiger partial charge in [0.25, 0.3) is 0 Å². The summed E-state index contributed by atoms with van der Waals surface area (Å²) in [6, 6.07) is 23.1. The van der Waals surface area contributed by atoms with Gasteiger partial charge < -0.3 is 10.3 Å². The molecule has 3 aromatic carbocycles. The lowest BCUT2D eigenvalue weighted by atomic mass is 10.0. The van der Waals surface area contributed by atoms with Gasteiger partial charge in [0.05, 0.1) is 17.6 Å². The van der Waals surface area contributed by atoms with Crippen molar-refractivity contribution in [1.29, 1.82) is 0 Å². The molecule has 2 N–H and O–H groups in total. The molecule has 1 heterocycles. The summed E-state index contributed by atoms with van der Waals surface area (Å²) in [5, 5.41) is 2.55. The van der Waals surface area contributed by atoms with E-state index in [-0.39, 0.29) is 0 Å². The van der Waals surface area contributed by atoms with Crippen LogP contribution >= 0.6 is 0 Å². The van der Waals surface area contributed by atoms with Crippen LogP contribution in [0.4, 0.5) is 0 Å². The number of para-hydroxylation sites is 2. The van der Waals surface area contributed by atoms with Crippen LogP contribution in [0.3, 0.4) is 0 Å². The SMILES string of the molecule is NCc1nc2ccccc2n1Cc1cccc2ccccc12. The van der Waals surface area contributed by atoms with E-state index in [2.05, 4.69) is 58.1 Å². The molecule has 0 saturated heterocycles. The van der Waals surface area contributed by atoms with E-state index >= 15 is 0 Å². The number of hydrogen-bond acceptors (Lipinski definition) is 2. The first-order valence-electron chi connectivity index (χ1n) is 7.47. The number of hydrogen-bond donors (Lipinski definition) is 1. The fraction of sp³-hybridized carbons (Fsp3) is 0.105. The number of nitrogens with two attached hydrogens (primary N) is 1. The first kappa shape index (κ1) is 13.0. The maximum atomic E-state index is 5.90. The molecule has 1 aromatic heterocycles. The number of rotatable bonds is 3. The van der Waals surface area contributed by atoms with Gasteiger partial charge in [-0.3, -0.25) is 0 Å². The van der Waals surface area contributed by atoms with Crippen molar-refractivity contribution in [3.05, 3.63) is 78.1 Å². The van der Waals surface area contributed by atoms with Crippen LogP contribution < -0.4 is 5.73 Å². The molecule has 0 saturated carbocycles. The standard InChI is InChI=1S/C19H17N3/c20-12-19-21-17-10-3-4-11-18(17)22(19)13-15-8-5-7-14-6-1-2-9-16(14)15/h1-11H,12-13,20H2. The van der Waals surface area contributed by atoms with Gasteiger partial charge in [-0.25, -0.2) is 4.98 Å². The van der Waals surface area contributed by atoms with Crippen molar-refractivity contribution in [2.24, 2.45) is 5.73 Å². The molecule has 108 valence electrons. The molecular formula is C19H17N3. The molecule has 0 radical (unpaired) electrons. The van der Waals surface area contributed by atoms with E-state index in [4.69, 9.17) is 5.73 Å². The smallest absolute Gasteiger partial charge is 0.123 e. The van der Waals surface area contributed by atoms with Gasteiger partial charge in [0.2, 0.25) is 0 Å². The summed E-state index contributed by atoms with van der Waals surface area (Å²) in [6.07, 6.45) is 0. The summed E-state index contributed by atoms with van der Waals surface area (Å²) in [4.78, 5) is 4.65. The topological polar surface area (TPSA) is 43.8 Å². The summed E-state index contributed by atoms with van der Waals surface area (Å²) in [6.45, 7) is 1.23. The third kappa shape index (κ3) is 2.07. The highest BCUT2D eigenvalue weighted by molar-refractivity contribution is 5.86. The van der Waals surface area contributed by atoms with Gasteiger partial charge in [-0.2, -0.15) is 0 Å². The second-order valence-corrected chi connectivity index (χ2v) is 5.45. The normalized spacial score (nSPS) is 11.3. The summed E-state index contributed by atoms with van der Waals surface area (Å²) in [5.41, 5.74) is 9.32. The van der Waals surface area contributed by atoms with Crippen molar-refractivity contribution in [3.8, 4) is 0 Å². The summed E-state index contributed by atoms with van der Waals surface area (Å²) in [7, 11) is 0. The molecule has 0 aliphatic carbocycles. The van der Waals surface area contributed by atoms with Crippen molar-refractivity contribution < 1.29 is 0 Å². The zero-order valence-electron chi connectivity index (χ0n) is 12.2. The van der Waals surface area contributed by atoms with Crippen LogP contribution in [0.2, 0.25) is 0 Å². The Balaban J connectivity index is 1.89. The minimum atomic E-state index is 0.444. The Morgan fingerprint density at radius 1 is 0.864 bits per heavy atom. The molecule has 22 heavy (non-hydrogen) atoms. The van der Waals surface area contributed by atoms with Crippen molar-refractivity contribution in [2.75, 3.05) is 0 Å². The van der Waals surface area contributed by atoms with Crippen molar-refractivity contribution in [2.45, 2.75) is 13.1 Å². The van der Waals surface area contributed by atoms with Crippen LogP contribution in [0.1, 0.15) is 11.4 Å². The maximum absolute atomic E-state index is 5.90. The fourth-order valence-corrected chi connectivity index (χ4v) is 3.06. The van der Waals surface area contributed by atoms with E-state index in [0.717, 1.165) is 23.4 Å². The lowest BCUT2D eigenvalue weighted by molar-refractivity contribution is 0.747. The highest BCUT2D eigenvalue weighted by Crippen LogP contribution is 2.23. The maximum Gasteiger partial charge on any atom is 0.123 e. The molecule has 0 amide bonds. The van der Waals surface area contributed by atoms with Crippen LogP contribution in [0, 0.1) is 0 Å². The Morgan fingerprint density at radius 3 is 2.55 bits per heavy atom. The lowest BCUT2D eigenvalue weighted by Crippen LogP contribution is -2.09. The third-order valence-corrected chi connectivity index (χ3v) is 4.12. The van der Waals surface area contributed by atoms with Gasteiger partial charge in [-0.15, -0.1) is 0 Å². The van der Waals surface area contributed by atoms with E-state index < -0.39 is 0 Å². The third-order valence-electron chi connectivity index (χ3n) is 4.12. The second-order valence-electron chi connectivity index (χ2n) is 5.45. The lowest BCUT2D eigenvalue weighted by Gasteiger charge is -2.11. The average molecular weight is 287 g/mol. The van der Waals surface area contributed by atoms with Gasteiger partial charge in [0.1, 0.15) is 5.82 Å². The van der Waals surface area contributed by atoms with Crippen molar-refractivity contribution >= 4 is 21.8 Å². The number of nitrogens with zero attached hydrogens (tertiary/aromatic N) is 2. The van der Waals surface area contributed by atoms with Crippen LogP contribution in [0.25, 0.3) is 21.8 Å². The molecule has 0 fully saturated rings. The Labute approximate surface area is 129 Å². The molecule has 4 aromatic rings. The minimum absolute atomic E-state index is 0.444. The Bertz CT molecular complexity index is 948. The molecule has 0 aliphatic heterocycles. The number of aromatic nitrogens is 2. The molecule has 0 unspecified atom stereocenters. The van der Waals surface area contributed by atoms with Crippen LogP contribution in [-0.2, 0) is 13.1 Å². The van der Waals surface area contributed by atoms with E-state index in [9.17, 15) is 0 Å². The number of imidazole rings is 1. The number of fused-ring (bicyclic) bond motifs is 2. The van der Waals surface area contributed by atoms with Crippen LogP contribution in [0.5, 0.6) is 0 Å². The Hall–Kier alpha value is -2.65. The highest BCUT2D eigenvalue weighted by atomic mass is 15.1. The van der Waals surface area contributed by atoms with Gasteiger partial charge in [-0.05, 0) is 28.5 Å². The second kappa shape index (κ2) is 5.28. The first-order chi connectivity index (χ1) is 10.9. The quantitative estimate of drug-likeness (QED) is 0.624. The van der Waals surface area contributed by atoms with Gasteiger partial charge in [0, 0.05) is 6.54 Å². The predicted octanol–water partition coefficient (Wildman–Crippen LogP) is 3.70. The molecule has 0 bridgehead atoms. The summed E-state index contributed by atoms with van der Waals surface area (Å²) < 4.78 is 2.22. The van der Waals surface area contributed by atoms with Gasteiger partial charge in [0.15, 0.2) is 0 Å². The Kier molecular flexibility index (Phi) is 3.13. The first-order valence-corrected chi connectivity index (χ1v) is 7.47. The monoisotopic (exact) mass is 287 g/mol. The van der Waals surface area contributed by atoms with E-state index in [1.54, 1.807) is 0 Å². The molecule has 0 spiro atoms. The van der Waals surface area contributed by atoms with Gasteiger partial charge in [-0.1, -0.05) is 54.6 Å².